The number of nitrogens with one attached hydrogen (secondary N) is 1. The minimum Gasteiger partial charge on any atom is -0.394 e. The molecule has 0 aliphatic rings. The van der Waals surface area contributed by atoms with Crippen LogP contribution in [0.15, 0.2) is 18.2 Å². The van der Waals surface area contributed by atoms with Crippen LogP contribution in [0.5, 0.6) is 0 Å². The second-order valence-corrected chi connectivity index (χ2v) is 4.36. The molecule has 1 atom stereocenters. The van der Waals surface area contributed by atoms with Crippen LogP contribution < -0.4 is 5.32 Å². The maximum Gasteiger partial charge on any atom is 0.163 e. The fraction of sp³-hybridized carbons (Fsp3) is 0.571. The standard InChI is InChI=1S/C14H22F2N2O/c1-3-18(4-2)9-8-17-13(10-19)11-6-5-7-12(15)14(11)16/h5-7,13,17,19H,3-4,8-10H2,1-2H3. The van der Waals surface area contributed by atoms with Crippen molar-refractivity contribution in [3.05, 3.63) is 35.4 Å². The van der Waals surface area contributed by atoms with E-state index in [1.165, 1.54) is 12.1 Å². The lowest BCUT2D eigenvalue weighted by molar-refractivity contribution is 0.230. The SMILES string of the molecule is CCN(CC)CCNC(CO)c1cccc(F)c1F. The summed E-state index contributed by atoms with van der Waals surface area (Å²) < 4.78 is 26.8. The van der Waals surface area contributed by atoms with Crippen molar-refractivity contribution in [2.24, 2.45) is 0 Å². The van der Waals surface area contributed by atoms with Gasteiger partial charge in [-0.05, 0) is 19.2 Å². The Kier molecular flexibility index (Phi) is 6.91. The Labute approximate surface area is 113 Å². The highest BCUT2D eigenvalue weighted by Gasteiger charge is 2.17. The maximum absolute atomic E-state index is 13.6. The minimum atomic E-state index is -0.892. The number of likely N-dealkylation sites (N-methyl/N-ethyl adjacent to an activating group) is 1. The average molecular weight is 272 g/mol. The number of halogens is 2. The molecule has 0 heterocycles. The Bertz CT molecular complexity index is 384. The quantitative estimate of drug-likeness (QED) is 0.759. The third-order valence-corrected chi connectivity index (χ3v) is 3.25. The lowest BCUT2D eigenvalue weighted by Gasteiger charge is -2.22. The molecule has 108 valence electrons. The van der Waals surface area contributed by atoms with Gasteiger partial charge in [0.25, 0.3) is 0 Å². The maximum atomic E-state index is 13.6. The predicted molar refractivity (Wildman–Crippen MR) is 72.0 cm³/mol. The van der Waals surface area contributed by atoms with Crippen LogP contribution in [0.1, 0.15) is 25.5 Å². The fourth-order valence-electron chi connectivity index (χ4n) is 2.00. The molecule has 0 radical (unpaired) electrons. The summed E-state index contributed by atoms with van der Waals surface area (Å²) in [7, 11) is 0. The van der Waals surface area contributed by atoms with Crippen molar-refractivity contribution in [1.29, 1.82) is 0 Å². The topological polar surface area (TPSA) is 35.5 Å². The number of hydrogen-bond donors (Lipinski definition) is 2. The molecule has 0 fully saturated rings. The first kappa shape index (κ1) is 16.0. The Morgan fingerprint density at radius 2 is 1.95 bits per heavy atom. The summed E-state index contributed by atoms with van der Waals surface area (Å²) in [5, 5.41) is 12.4. The second kappa shape index (κ2) is 8.19. The summed E-state index contributed by atoms with van der Waals surface area (Å²) in [6.07, 6.45) is 0. The van der Waals surface area contributed by atoms with Gasteiger partial charge >= 0.3 is 0 Å². The number of aliphatic hydroxyl groups is 1. The fourth-order valence-corrected chi connectivity index (χ4v) is 2.00. The van der Waals surface area contributed by atoms with E-state index in [-0.39, 0.29) is 12.2 Å². The molecule has 19 heavy (non-hydrogen) atoms. The van der Waals surface area contributed by atoms with Crippen molar-refractivity contribution in [2.75, 3.05) is 32.8 Å². The molecule has 1 unspecified atom stereocenters. The Morgan fingerprint density at radius 3 is 2.53 bits per heavy atom. The summed E-state index contributed by atoms with van der Waals surface area (Å²) in [5.41, 5.74) is 0.169. The largest absolute Gasteiger partial charge is 0.394 e. The molecule has 0 saturated carbocycles. The van der Waals surface area contributed by atoms with E-state index in [9.17, 15) is 13.9 Å². The van der Waals surface area contributed by atoms with Crippen LogP contribution in [-0.4, -0.2) is 42.8 Å². The van der Waals surface area contributed by atoms with Gasteiger partial charge < -0.3 is 15.3 Å². The van der Waals surface area contributed by atoms with Gasteiger partial charge in [0.1, 0.15) is 0 Å². The molecule has 2 N–H and O–H groups in total. The van der Waals surface area contributed by atoms with Crippen molar-refractivity contribution >= 4 is 0 Å². The highest BCUT2D eigenvalue weighted by molar-refractivity contribution is 5.22. The molecule has 0 aliphatic carbocycles. The van der Waals surface area contributed by atoms with Crippen LogP contribution >= 0.6 is 0 Å². The summed E-state index contributed by atoms with van der Waals surface area (Å²) in [4.78, 5) is 2.21. The highest BCUT2D eigenvalue weighted by Crippen LogP contribution is 2.18. The van der Waals surface area contributed by atoms with Crippen molar-refractivity contribution in [2.45, 2.75) is 19.9 Å². The lowest BCUT2D eigenvalue weighted by atomic mass is 10.1. The third kappa shape index (κ3) is 4.53. The zero-order valence-electron chi connectivity index (χ0n) is 11.5. The second-order valence-electron chi connectivity index (χ2n) is 4.36. The zero-order chi connectivity index (χ0) is 14.3. The van der Waals surface area contributed by atoms with Crippen LogP contribution in [0, 0.1) is 11.6 Å². The van der Waals surface area contributed by atoms with E-state index in [1.54, 1.807) is 0 Å². The molecular weight excluding hydrogens is 250 g/mol. The van der Waals surface area contributed by atoms with Crippen molar-refractivity contribution < 1.29 is 13.9 Å². The first-order chi connectivity index (χ1) is 9.13. The molecule has 0 aromatic heterocycles. The Morgan fingerprint density at radius 1 is 1.26 bits per heavy atom. The number of aliphatic hydroxyl groups excluding tert-OH is 1. The normalized spacial score (nSPS) is 12.9. The first-order valence-electron chi connectivity index (χ1n) is 6.64. The van der Waals surface area contributed by atoms with E-state index in [1.807, 2.05) is 0 Å². The van der Waals surface area contributed by atoms with E-state index in [2.05, 4.69) is 24.1 Å². The summed E-state index contributed by atoms with van der Waals surface area (Å²) >= 11 is 0. The van der Waals surface area contributed by atoms with E-state index >= 15 is 0 Å². The first-order valence-corrected chi connectivity index (χ1v) is 6.64. The molecule has 0 spiro atoms. The molecule has 3 nitrogen and oxygen atoms in total. The smallest absolute Gasteiger partial charge is 0.163 e. The number of rotatable bonds is 8. The predicted octanol–water partition coefficient (Wildman–Crippen LogP) is 1.93. The van der Waals surface area contributed by atoms with Crippen LogP contribution in [0.25, 0.3) is 0 Å². The molecule has 5 heteroatoms. The summed E-state index contributed by atoms with van der Waals surface area (Å²) in [6.45, 7) is 7.17. The Balaban J connectivity index is 2.61. The highest BCUT2D eigenvalue weighted by atomic mass is 19.2. The number of nitrogens with zero attached hydrogens (tertiary/aromatic N) is 1. The third-order valence-electron chi connectivity index (χ3n) is 3.25. The van der Waals surface area contributed by atoms with E-state index in [0.29, 0.717) is 6.54 Å². The summed E-state index contributed by atoms with van der Waals surface area (Å²) in [6, 6.07) is 3.43. The lowest BCUT2D eigenvalue weighted by Crippen LogP contribution is -2.35. The van der Waals surface area contributed by atoms with E-state index in [0.717, 1.165) is 25.7 Å². The van der Waals surface area contributed by atoms with Gasteiger partial charge in [-0.2, -0.15) is 0 Å². The van der Waals surface area contributed by atoms with E-state index < -0.39 is 17.7 Å². The van der Waals surface area contributed by atoms with Crippen molar-refractivity contribution in [1.82, 2.24) is 10.2 Å². The van der Waals surface area contributed by atoms with E-state index in [4.69, 9.17) is 0 Å². The number of hydrogen-bond acceptors (Lipinski definition) is 3. The molecule has 0 bridgehead atoms. The average Bonchev–Trinajstić information content (AvgIpc) is 2.43. The number of benzene rings is 1. The molecule has 0 amide bonds. The van der Waals surface area contributed by atoms with Gasteiger partial charge in [-0.1, -0.05) is 26.0 Å². The minimum absolute atomic E-state index is 0.169. The van der Waals surface area contributed by atoms with Gasteiger partial charge in [0.2, 0.25) is 0 Å². The Hall–Kier alpha value is -1.04. The molecular formula is C14H22F2N2O. The van der Waals surface area contributed by atoms with Gasteiger partial charge in [0.05, 0.1) is 12.6 Å². The molecule has 1 aromatic rings. The molecule has 1 rings (SSSR count). The van der Waals surface area contributed by atoms with Crippen LogP contribution in [0.2, 0.25) is 0 Å². The van der Waals surface area contributed by atoms with Gasteiger partial charge in [-0.25, -0.2) is 8.78 Å². The van der Waals surface area contributed by atoms with Gasteiger partial charge in [0.15, 0.2) is 11.6 Å². The molecule has 0 saturated heterocycles. The molecule has 0 aliphatic heterocycles. The zero-order valence-corrected chi connectivity index (χ0v) is 11.5. The van der Waals surface area contributed by atoms with Crippen LogP contribution in [0.4, 0.5) is 8.78 Å². The van der Waals surface area contributed by atoms with Gasteiger partial charge in [-0.15, -0.1) is 0 Å². The van der Waals surface area contributed by atoms with Crippen molar-refractivity contribution in [3.8, 4) is 0 Å². The molecule has 1 aromatic carbocycles. The van der Waals surface area contributed by atoms with Crippen LogP contribution in [0.3, 0.4) is 0 Å². The van der Waals surface area contributed by atoms with Crippen molar-refractivity contribution in [3.63, 3.8) is 0 Å². The monoisotopic (exact) mass is 272 g/mol. The van der Waals surface area contributed by atoms with Gasteiger partial charge in [-0.3, -0.25) is 0 Å². The summed E-state index contributed by atoms with van der Waals surface area (Å²) in [5.74, 6) is -1.78. The van der Waals surface area contributed by atoms with Crippen LogP contribution in [-0.2, 0) is 0 Å². The van der Waals surface area contributed by atoms with Gasteiger partial charge in [0, 0.05) is 18.7 Å².